The van der Waals surface area contributed by atoms with Gasteiger partial charge in [-0.15, -0.1) is 12.4 Å². The summed E-state index contributed by atoms with van der Waals surface area (Å²) in [6.07, 6.45) is 3.25. The first-order valence-corrected chi connectivity index (χ1v) is 6.06. The van der Waals surface area contributed by atoms with Gasteiger partial charge in [-0.25, -0.2) is 15.0 Å². The minimum absolute atomic E-state index is 0. The summed E-state index contributed by atoms with van der Waals surface area (Å²) >= 11 is 0. The highest BCUT2D eigenvalue weighted by molar-refractivity contribution is 5.85. The van der Waals surface area contributed by atoms with Crippen molar-refractivity contribution in [1.82, 2.24) is 24.4 Å². The van der Waals surface area contributed by atoms with E-state index >= 15 is 0 Å². The van der Waals surface area contributed by atoms with E-state index in [9.17, 15) is 0 Å². The van der Waals surface area contributed by atoms with Gasteiger partial charge in [0.05, 0.1) is 19.5 Å². The minimum Gasteiger partial charge on any atom is -0.382 e. The standard InChI is InChI=1S/C11H16N6O.ClH/c12-10-9-11(14-7-13-10)17(8-15-9)2-1-16-3-5-18-6-4-16;/h7-8H,1-6H2,(H2,12,13,14);1H. The highest BCUT2D eigenvalue weighted by Crippen LogP contribution is 2.14. The van der Waals surface area contributed by atoms with E-state index in [0.29, 0.717) is 11.3 Å². The predicted molar refractivity (Wildman–Crippen MR) is 74.2 cm³/mol. The lowest BCUT2D eigenvalue weighted by Gasteiger charge is -2.26. The summed E-state index contributed by atoms with van der Waals surface area (Å²) < 4.78 is 7.34. The highest BCUT2D eigenvalue weighted by atomic mass is 35.5. The van der Waals surface area contributed by atoms with Crippen LogP contribution in [0.2, 0.25) is 0 Å². The van der Waals surface area contributed by atoms with Crippen LogP contribution in [0, 0.1) is 0 Å². The Hall–Kier alpha value is -1.44. The lowest BCUT2D eigenvalue weighted by molar-refractivity contribution is 0.0365. The van der Waals surface area contributed by atoms with Crippen LogP contribution < -0.4 is 5.73 Å². The number of rotatable bonds is 3. The molecule has 0 amide bonds. The first kappa shape index (κ1) is 14.0. The summed E-state index contributed by atoms with van der Waals surface area (Å²) in [5.74, 6) is 0.435. The normalized spacial score (nSPS) is 16.4. The minimum atomic E-state index is 0. The van der Waals surface area contributed by atoms with Crippen LogP contribution >= 0.6 is 12.4 Å². The average molecular weight is 285 g/mol. The molecule has 0 unspecified atom stereocenters. The van der Waals surface area contributed by atoms with Crippen molar-refractivity contribution in [2.75, 3.05) is 38.6 Å². The fourth-order valence-electron chi connectivity index (χ4n) is 2.14. The maximum absolute atomic E-state index is 5.75. The van der Waals surface area contributed by atoms with Crippen molar-refractivity contribution in [3.05, 3.63) is 12.7 Å². The number of nitrogen functional groups attached to an aromatic ring is 1. The molecular weight excluding hydrogens is 268 g/mol. The number of nitrogens with two attached hydrogens (primary N) is 1. The molecule has 2 N–H and O–H groups in total. The zero-order valence-electron chi connectivity index (χ0n) is 10.5. The number of anilines is 1. The molecule has 1 saturated heterocycles. The summed E-state index contributed by atoms with van der Waals surface area (Å²) in [7, 11) is 0. The summed E-state index contributed by atoms with van der Waals surface area (Å²) in [6, 6.07) is 0. The molecule has 0 atom stereocenters. The van der Waals surface area contributed by atoms with Crippen molar-refractivity contribution >= 4 is 29.4 Å². The van der Waals surface area contributed by atoms with Gasteiger partial charge in [-0.05, 0) is 0 Å². The van der Waals surface area contributed by atoms with E-state index in [1.54, 1.807) is 6.33 Å². The van der Waals surface area contributed by atoms with Crippen LogP contribution in [0.4, 0.5) is 5.82 Å². The largest absolute Gasteiger partial charge is 0.382 e. The van der Waals surface area contributed by atoms with Crippen LogP contribution in [0.5, 0.6) is 0 Å². The van der Waals surface area contributed by atoms with Crippen molar-refractivity contribution < 1.29 is 4.74 Å². The van der Waals surface area contributed by atoms with Crippen molar-refractivity contribution in [1.29, 1.82) is 0 Å². The lowest BCUT2D eigenvalue weighted by Crippen LogP contribution is -2.38. The number of morpholine rings is 1. The molecule has 0 radical (unpaired) electrons. The quantitative estimate of drug-likeness (QED) is 0.865. The second-order valence-electron chi connectivity index (χ2n) is 4.32. The molecule has 8 heteroatoms. The molecule has 0 saturated carbocycles. The number of hydrogen-bond donors (Lipinski definition) is 1. The third-order valence-corrected chi connectivity index (χ3v) is 3.19. The van der Waals surface area contributed by atoms with Gasteiger partial charge in [0.1, 0.15) is 11.8 Å². The van der Waals surface area contributed by atoms with E-state index in [1.165, 1.54) is 6.33 Å². The summed E-state index contributed by atoms with van der Waals surface area (Å²) in [5, 5.41) is 0. The Morgan fingerprint density at radius 3 is 2.74 bits per heavy atom. The van der Waals surface area contributed by atoms with E-state index in [-0.39, 0.29) is 12.4 Å². The molecule has 19 heavy (non-hydrogen) atoms. The summed E-state index contributed by atoms with van der Waals surface area (Å²) in [5.41, 5.74) is 7.24. The van der Waals surface area contributed by atoms with Crippen LogP contribution in [0.3, 0.4) is 0 Å². The Labute approximate surface area is 117 Å². The van der Waals surface area contributed by atoms with Gasteiger partial charge >= 0.3 is 0 Å². The second kappa shape index (κ2) is 6.14. The number of fused-ring (bicyclic) bond motifs is 1. The SMILES string of the molecule is Cl.Nc1ncnc2c1ncn2CCN1CCOCC1. The monoisotopic (exact) mass is 284 g/mol. The Morgan fingerprint density at radius 1 is 1.16 bits per heavy atom. The molecule has 104 valence electrons. The summed E-state index contributed by atoms with van der Waals surface area (Å²) in [4.78, 5) is 14.8. The van der Waals surface area contributed by atoms with Gasteiger partial charge in [0.25, 0.3) is 0 Å². The molecule has 3 rings (SSSR count). The smallest absolute Gasteiger partial charge is 0.165 e. The van der Waals surface area contributed by atoms with E-state index in [2.05, 4.69) is 19.9 Å². The summed E-state index contributed by atoms with van der Waals surface area (Å²) in [6.45, 7) is 5.44. The maximum Gasteiger partial charge on any atom is 0.165 e. The van der Waals surface area contributed by atoms with Crippen LogP contribution in [0.15, 0.2) is 12.7 Å². The van der Waals surface area contributed by atoms with Crippen molar-refractivity contribution in [3.8, 4) is 0 Å². The Kier molecular flexibility index (Phi) is 4.52. The molecule has 0 aliphatic carbocycles. The number of ether oxygens (including phenoxy) is 1. The van der Waals surface area contributed by atoms with Gasteiger partial charge in [-0.1, -0.05) is 0 Å². The van der Waals surface area contributed by atoms with Gasteiger partial charge in [0.2, 0.25) is 0 Å². The predicted octanol–water partition coefficient (Wildman–Crippen LogP) is 0.162. The molecule has 0 spiro atoms. The molecular formula is C11H17ClN6O. The highest BCUT2D eigenvalue weighted by Gasteiger charge is 2.12. The van der Waals surface area contributed by atoms with E-state index in [1.807, 2.05) is 4.57 Å². The molecule has 1 aliphatic rings. The van der Waals surface area contributed by atoms with Gasteiger partial charge in [0.15, 0.2) is 11.5 Å². The molecule has 1 aliphatic heterocycles. The number of aromatic nitrogens is 4. The Morgan fingerprint density at radius 2 is 1.95 bits per heavy atom. The van der Waals surface area contributed by atoms with Gasteiger partial charge < -0.3 is 15.0 Å². The van der Waals surface area contributed by atoms with Crippen LogP contribution in [0.25, 0.3) is 11.2 Å². The van der Waals surface area contributed by atoms with Crippen LogP contribution in [-0.2, 0) is 11.3 Å². The van der Waals surface area contributed by atoms with Crippen molar-refractivity contribution in [3.63, 3.8) is 0 Å². The fraction of sp³-hybridized carbons (Fsp3) is 0.545. The van der Waals surface area contributed by atoms with Crippen molar-refractivity contribution in [2.24, 2.45) is 0 Å². The molecule has 0 bridgehead atoms. The number of halogens is 1. The van der Waals surface area contributed by atoms with E-state index in [4.69, 9.17) is 10.5 Å². The lowest BCUT2D eigenvalue weighted by atomic mass is 10.4. The third kappa shape index (κ3) is 2.94. The van der Waals surface area contributed by atoms with Gasteiger partial charge in [-0.3, -0.25) is 4.90 Å². The van der Waals surface area contributed by atoms with E-state index in [0.717, 1.165) is 45.0 Å². The van der Waals surface area contributed by atoms with Crippen LogP contribution in [-0.4, -0.2) is 57.3 Å². The van der Waals surface area contributed by atoms with Crippen molar-refractivity contribution in [2.45, 2.75) is 6.54 Å². The third-order valence-electron chi connectivity index (χ3n) is 3.19. The molecule has 2 aromatic rings. The molecule has 3 heterocycles. The second-order valence-corrected chi connectivity index (χ2v) is 4.32. The first-order chi connectivity index (χ1) is 8.84. The molecule has 2 aromatic heterocycles. The zero-order chi connectivity index (χ0) is 12.4. The number of nitrogens with zero attached hydrogens (tertiary/aromatic N) is 5. The molecule has 1 fully saturated rings. The maximum atomic E-state index is 5.75. The Bertz CT molecular complexity index is 539. The average Bonchev–Trinajstić information content (AvgIpc) is 2.82. The van der Waals surface area contributed by atoms with Gasteiger partial charge in [-0.2, -0.15) is 0 Å². The first-order valence-electron chi connectivity index (χ1n) is 6.06. The number of hydrogen-bond acceptors (Lipinski definition) is 6. The fourth-order valence-corrected chi connectivity index (χ4v) is 2.14. The molecule has 0 aromatic carbocycles. The molecule has 7 nitrogen and oxygen atoms in total. The Balaban J connectivity index is 0.00000133. The number of imidazole rings is 1. The van der Waals surface area contributed by atoms with E-state index < -0.39 is 0 Å². The van der Waals surface area contributed by atoms with Crippen LogP contribution in [0.1, 0.15) is 0 Å². The topological polar surface area (TPSA) is 82.1 Å². The van der Waals surface area contributed by atoms with Gasteiger partial charge in [0, 0.05) is 26.2 Å². The zero-order valence-corrected chi connectivity index (χ0v) is 11.3.